The highest BCUT2D eigenvalue weighted by molar-refractivity contribution is 6.29. The molecule has 32 heavy (non-hydrogen) atoms. The van der Waals surface area contributed by atoms with E-state index in [0.717, 1.165) is 44.3 Å². The lowest BCUT2D eigenvalue weighted by molar-refractivity contribution is 0.00574. The van der Waals surface area contributed by atoms with Crippen LogP contribution in [0.2, 0.25) is 5.15 Å². The Labute approximate surface area is 192 Å². The summed E-state index contributed by atoms with van der Waals surface area (Å²) in [6, 6.07) is 8.62. The van der Waals surface area contributed by atoms with Gasteiger partial charge in [-0.05, 0) is 43.4 Å². The van der Waals surface area contributed by atoms with Gasteiger partial charge in [0.05, 0.1) is 24.3 Å². The molecule has 2 aliphatic rings. The summed E-state index contributed by atoms with van der Waals surface area (Å²) < 4.78 is 12.9. The molecule has 2 atom stereocenters. The SMILES string of the molecule is COC1CN(CCCn2nc(Cl)ccc2=O)CCC1NC(=O)c1cccc2c1OCCC2. The topological polar surface area (TPSA) is 85.7 Å². The van der Waals surface area contributed by atoms with E-state index in [-0.39, 0.29) is 23.6 Å². The number of hydrogen-bond acceptors (Lipinski definition) is 6. The second kappa shape index (κ2) is 10.5. The van der Waals surface area contributed by atoms with Crippen molar-refractivity contribution in [1.29, 1.82) is 0 Å². The van der Waals surface area contributed by atoms with E-state index >= 15 is 0 Å². The maximum atomic E-state index is 13.0. The van der Waals surface area contributed by atoms with E-state index in [1.54, 1.807) is 7.11 Å². The van der Waals surface area contributed by atoms with Crippen LogP contribution in [0.4, 0.5) is 0 Å². The number of fused-ring (bicyclic) bond motifs is 1. The van der Waals surface area contributed by atoms with Crippen molar-refractivity contribution in [3.8, 4) is 5.75 Å². The number of carbonyl (C=O) groups excluding carboxylic acids is 1. The van der Waals surface area contributed by atoms with Gasteiger partial charge in [-0.25, -0.2) is 4.68 Å². The molecule has 9 heteroatoms. The third-order valence-electron chi connectivity index (χ3n) is 6.12. The fraction of sp³-hybridized carbons (Fsp3) is 0.522. The average Bonchev–Trinajstić information content (AvgIpc) is 2.81. The van der Waals surface area contributed by atoms with Crippen LogP contribution in [0.15, 0.2) is 35.1 Å². The lowest BCUT2D eigenvalue weighted by Crippen LogP contribution is -2.55. The summed E-state index contributed by atoms with van der Waals surface area (Å²) in [5.74, 6) is 0.600. The summed E-state index contributed by atoms with van der Waals surface area (Å²) in [6.07, 6.45) is 3.36. The molecule has 0 saturated carbocycles. The molecule has 1 N–H and O–H groups in total. The largest absolute Gasteiger partial charge is 0.492 e. The van der Waals surface area contributed by atoms with Crippen LogP contribution in [0, 0.1) is 0 Å². The van der Waals surface area contributed by atoms with Crippen LogP contribution in [-0.4, -0.2) is 66.1 Å². The first kappa shape index (κ1) is 22.8. The lowest BCUT2D eigenvalue weighted by Gasteiger charge is -2.38. The van der Waals surface area contributed by atoms with Gasteiger partial charge in [-0.3, -0.25) is 9.59 Å². The quantitative estimate of drug-likeness (QED) is 0.681. The number of ether oxygens (including phenoxy) is 2. The Morgan fingerprint density at radius 3 is 3.03 bits per heavy atom. The number of amides is 1. The molecule has 1 aromatic heterocycles. The zero-order chi connectivity index (χ0) is 22.5. The van der Waals surface area contributed by atoms with Crippen LogP contribution in [0.1, 0.15) is 35.2 Å². The highest BCUT2D eigenvalue weighted by atomic mass is 35.5. The monoisotopic (exact) mass is 460 g/mol. The number of hydrogen-bond donors (Lipinski definition) is 1. The van der Waals surface area contributed by atoms with Crippen molar-refractivity contribution < 1.29 is 14.3 Å². The van der Waals surface area contributed by atoms with E-state index in [9.17, 15) is 9.59 Å². The average molecular weight is 461 g/mol. The Morgan fingerprint density at radius 1 is 1.31 bits per heavy atom. The first-order chi connectivity index (χ1) is 15.5. The van der Waals surface area contributed by atoms with E-state index in [0.29, 0.717) is 36.2 Å². The highest BCUT2D eigenvalue weighted by Crippen LogP contribution is 2.29. The zero-order valence-corrected chi connectivity index (χ0v) is 19.0. The number of carbonyl (C=O) groups is 1. The molecule has 1 aromatic carbocycles. The fourth-order valence-corrected chi connectivity index (χ4v) is 4.58. The normalized spacial score (nSPS) is 20.9. The van der Waals surface area contributed by atoms with Gasteiger partial charge in [0, 0.05) is 39.4 Å². The van der Waals surface area contributed by atoms with E-state index < -0.39 is 0 Å². The van der Waals surface area contributed by atoms with Crippen molar-refractivity contribution in [2.24, 2.45) is 0 Å². The Hall–Kier alpha value is -2.42. The molecule has 172 valence electrons. The predicted molar refractivity (Wildman–Crippen MR) is 121 cm³/mol. The molecule has 0 spiro atoms. The van der Waals surface area contributed by atoms with E-state index in [4.69, 9.17) is 21.1 Å². The van der Waals surface area contributed by atoms with Gasteiger partial charge in [-0.2, -0.15) is 5.10 Å². The number of para-hydroxylation sites is 1. The van der Waals surface area contributed by atoms with E-state index in [1.165, 1.54) is 16.8 Å². The Morgan fingerprint density at radius 2 is 2.19 bits per heavy atom. The molecule has 2 unspecified atom stereocenters. The number of aryl methyl sites for hydroxylation is 2. The van der Waals surface area contributed by atoms with Crippen LogP contribution in [0.3, 0.4) is 0 Å². The molecule has 2 aromatic rings. The minimum Gasteiger partial charge on any atom is -0.492 e. The van der Waals surface area contributed by atoms with Crippen molar-refractivity contribution in [3.05, 3.63) is 57.0 Å². The van der Waals surface area contributed by atoms with Crippen molar-refractivity contribution in [2.45, 2.75) is 44.4 Å². The summed E-state index contributed by atoms with van der Waals surface area (Å²) in [5.41, 5.74) is 1.53. The molecule has 3 heterocycles. The molecule has 4 rings (SSSR count). The molecule has 1 fully saturated rings. The highest BCUT2D eigenvalue weighted by Gasteiger charge is 2.31. The summed E-state index contributed by atoms with van der Waals surface area (Å²) in [5, 5.41) is 7.53. The molecule has 2 aliphatic heterocycles. The number of benzene rings is 1. The van der Waals surface area contributed by atoms with Crippen LogP contribution in [-0.2, 0) is 17.7 Å². The number of methoxy groups -OCH3 is 1. The van der Waals surface area contributed by atoms with Gasteiger partial charge < -0.3 is 19.7 Å². The molecule has 8 nitrogen and oxygen atoms in total. The third kappa shape index (κ3) is 5.31. The van der Waals surface area contributed by atoms with Crippen LogP contribution < -0.4 is 15.6 Å². The van der Waals surface area contributed by atoms with Gasteiger partial charge >= 0.3 is 0 Å². The maximum Gasteiger partial charge on any atom is 0.266 e. The zero-order valence-electron chi connectivity index (χ0n) is 18.3. The number of nitrogens with zero attached hydrogens (tertiary/aromatic N) is 3. The number of nitrogens with one attached hydrogen (secondary N) is 1. The van der Waals surface area contributed by atoms with Gasteiger partial charge in [0.2, 0.25) is 0 Å². The van der Waals surface area contributed by atoms with Crippen molar-refractivity contribution >= 4 is 17.5 Å². The van der Waals surface area contributed by atoms with Gasteiger partial charge in [0.25, 0.3) is 11.5 Å². The first-order valence-electron chi connectivity index (χ1n) is 11.1. The van der Waals surface area contributed by atoms with Crippen molar-refractivity contribution in [3.63, 3.8) is 0 Å². The first-order valence-corrected chi connectivity index (χ1v) is 11.5. The Kier molecular flexibility index (Phi) is 7.44. The molecular formula is C23H29ClN4O4. The van der Waals surface area contributed by atoms with Gasteiger partial charge in [-0.15, -0.1) is 0 Å². The van der Waals surface area contributed by atoms with E-state index in [1.807, 2.05) is 18.2 Å². The number of piperidine rings is 1. The van der Waals surface area contributed by atoms with Gasteiger partial charge in [0.15, 0.2) is 0 Å². The standard InChI is InChI=1S/C23H29ClN4O4/c1-31-19-15-27(11-4-12-28-21(29)9-8-20(24)26-28)13-10-18(19)25-23(30)17-7-2-5-16-6-3-14-32-22(16)17/h2,5,7-9,18-19H,3-4,6,10-15H2,1H3,(H,25,30). The number of likely N-dealkylation sites (tertiary alicyclic amines) is 1. The summed E-state index contributed by atoms with van der Waals surface area (Å²) in [4.78, 5) is 27.2. The van der Waals surface area contributed by atoms with Crippen molar-refractivity contribution in [1.82, 2.24) is 20.0 Å². The number of aromatic nitrogens is 2. The van der Waals surface area contributed by atoms with Gasteiger partial charge in [-0.1, -0.05) is 23.7 Å². The van der Waals surface area contributed by atoms with Crippen molar-refractivity contribution in [2.75, 3.05) is 33.4 Å². The minimum atomic E-state index is -0.155. The predicted octanol–water partition coefficient (Wildman–Crippen LogP) is 2.13. The fourth-order valence-electron chi connectivity index (χ4n) is 4.43. The summed E-state index contributed by atoms with van der Waals surface area (Å²) in [7, 11) is 1.68. The van der Waals surface area contributed by atoms with Gasteiger partial charge in [0.1, 0.15) is 10.9 Å². The number of halogens is 1. The van der Waals surface area contributed by atoms with E-state index in [2.05, 4.69) is 15.3 Å². The molecule has 0 radical (unpaired) electrons. The minimum absolute atomic E-state index is 0.0691. The molecule has 0 aliphatic carbocycles. The molecule has 0 bridgehead atoms. The molecular weight excluding hydrogens is 432 g/mol. The molecule has 1 saturated heterocycles. The smallest absolute Gasteiger partial charge is 0.266 e. The van der Waals surface area contributed by atoms with Crippen LogP contribution >= 0.6 is 11.6 Å². The maximum absolute atomic E-state index is 13.0. The molecule has 1 amide bonds. The summed E-state index contributed by atoms with van der Waals surface area (Å²) >= 11 is 5.88. The van der Waals surface area contributed by atoms with Crippen LogP contribution in [0.25, 0.3) is 0 Å². The second-order valence-electron chi connectivity index (χ2n) is 8.26. The lowest BCUT2D eigenvalue weighted by atomic mass is 9.99. The Bertz CT molecular complexity index is 1010. The van der Waals surface area contributed by atoms with Crippen LogP contribution in [0.5, 0.6) is 5.75 Å². The third-order valence-corrected chi connectivity index (χ3v) is 6.32. The summed E-state index contributed by atoms with van der Waals surface area (Å²) in [6.45, 7) is 3.51. The number of rotatable bonds is 7. The second-order valence-corrected chi connectivity index (χ2v) is 8.65. The Balaban J connectivity index is 1.31.